The lowest BCUT2D eigenvalue weighted by Gasteiger charge is -2.06. The maximum atomic E-state index is 12.1. The van der Waals surface area contributed by atoms with Gasteiger partial charge in [-0.15, -0.1) is 0 Å². The van der Waals surface area contributed by atoms with Crippen LogP contribution >= 0.6 is 35.0 Å². The topological polar surface area (TPSA) is 84.8 Å². The number of thioether (sulfide) groups is 1. The molecule has 1 aromatic carbocycles. The van der Waals surface area contributed by atoms with Gasteiger partial charge in [0.2, 0.25) is 0 Å². The molecular weight excluding hydrogens is 337 g/mol. The predicted molar refractivity (Wildman–Crippen MR) is 81.6 cm³/mol. The monoisotopic (exact) mass is 345 g/mol. The van der Waals surface area contributed by atoms with Gasteiger partial charge in [0, 0.05) is 17.6 Å². The number of aryl methyl sites for hydroxylation is 1. The van der Waals surface area contributed by atoms with Gasteiger partial charge in [-0.2, -0.15) is 4.98 Å². The van der Waals surface area contributed by atoms with Gasteiger partial charge in [0.25, 0.3) is 0 Å². The fourth-order valence-electron chi connectivity index (χ4n) is 1.51. The number of hydrogen-bond donors (Lipinski definition) is 1. The summed E-state index contributed by atoms with van der Waals surface area (Å²) in [5.74, 6) is -0.250. The van der Waals surface area contributed by atoms with Crippen LogP contribution in [0.3, 0.4) is 0 Å². The van der Waals surface area contributed by atoms with Crippen LogP contribution in [0.5, 0.6) is 0 Å². The number of hydrogen-bond acceptors (Lipinski definition) is 5. The number of ketones is 1. The molecule has 1 heterocycles. The fourth-order valence-corrected chi connectivity index (χ4v) is 2.71. The van der Waals surface area contributed by atoms with Crippen molar-refractivity contribution in [2.24, 2.45) is 7.05 Å². The first-order chi connectivity index (χ1) is 9.88. The minimum absolute atomic E-state index is 0.00634. The summed E-state index contributed by atoms with van der Waals surface area (Å²) < 4.78 is 1.28. The SMILES string of the molecule is Cn1[nH]c(=O)c(=O)nc1SCC(=O)c1cc(Cl)ccc1Cl. The molecule has 6 nitrogen and oxygen atoms in total. The average Bonchev–Trinajstić information content (AvgIpc) is 2.43. The molecule has 2 aromatic rings. The molecule has 0 fully saturated rings. The number of rotatable bonds is 4. The van der Waals surface area contributed by atoms with E-state index in [-0.39, 0.29) is 16.7 Å². The summed E-state index contributed by atoms with van der Waals surface area (Å²) in [7, 11) is 1.52. The van der Waals surface area contributed by atoms with E-state index in [1.54, 1.807) is 6.07 Å². The van der Waals surface area contributed by atoms with Crippen molar-refractivity contribution in [1.29, 1.82) is 0 Å². The Kier molecular flexibility index (Phi) is 4.87. The number of aromatic amines is 1. The molecule has 110 valence electrons. The number of H-pyrrole nitrogens is 1. The summed E-state index contributed by atoms with van der Waals surface area (Å²) >= 11 is 12.8. The van der Waals surface area contributed by atoms with Crippen molar-refractivity contribution in [3.05, 3.63) is 54.5 Å². The summed E-state index contributed by atoms with van der Waals surface area (Å²) in [5.41, 5.74) is -1.42. The van der Waals surface area contributed by atoms with E-state index in [4.69, 9.17) is 23.2 Å². The van der Waals surface area contributed by atoms with E-state index < -0.39 is 11.1 Å². The van der Waals surface area contributed by atoms with Gasteiger partial charge in [0.1, 0.15) is 0 Å². The van der Waals surface area contributed by atoms with E-state index in [1.165, 1.54) is 23.9 Å². The summed E-state index contributed by atoms with van der Waals surface area (Å²) in [4.78, 5) is 38.0. The van der Waals surface area contributed by atoms with E-state index in [0.717, 1.165) is 11.8 Å². The van der Waals surface area contributed by atoms with Crippen LogP contribution in [0.25, 0.3) is 0 Å². The van der Waals surface area contributed by atoms with Crippen LogP contribution in [0.15, 0.2) is 32.9 Å². The number of carbonyl (C=O) groups is 1. The Morgan fingerprint density at radius 3 is 2.81 bits per heavy atom. The zero-order valence-electron chi connectivity index (χ0n) is 10.7. The standard InChI is InChI=1S/C12H9Cl2N3O3S/c1-17-12(15-10(19)11(20)16-17)21-5-9(18)7-4-6(13)2-3-8(7)14/h2-4H,5H2,1H3,(H,16,20). The molecule has 1 N–H and O–H groups in total. The van der Waals surface area contributed by atoms with Crippen molar-refractivity contribution in [1.82, 2.24) is 14.8 Å². The number of halogens is 2. The van der Waals surface area contributed by atoms with E-state index in [2.05, 4.69) is 10.1 Å². The van der Waals surface area contributed by atoms with E-state index in [0.29, 0.717) is 15.6 Å². The molecule has 0 bridgehead atoms. The molecule has 1 aromatic heterocycles. The minimum atomic E-state index is -0.899. The van der Waals surface area contributed by atoms with Crippen LogP contribution < -0.4 is 11.1 Å². The lowest BCUT2D eigenvalue weighted by molar-refractivity contribution is 0.102. The van der Waals surface area contributed by atoms with Gasteiger partial charge >= 0.3 is 11.1 Å². The maximum Gasteiger partial charge on any atom is 0.339 e. The van der Waals surface area contributed by atoms with E-state index in [1.807, 2.05) is 0 Å². The van der Waals surface area contributed by atoms with Gasteiger partial charge in [0.05, 0.1) is 10.8 Å². The molecule has 0 aliphatic heterocycles. The molecule has 0 amide bonds. The number of nitrogens with one attached hydrogen (secondary N) is 1. The molecule has 2 rings (SSSR count). The molecule has 0 aliphatic carbocycles. The van der Waals surface area contributed by atoms with Gasteiger partial charge in [-0.3, -0.25) is 24.2 Å². The Labute approximate surface area is 133 Å². The summed E-state index contributed by atoms with van der Waals surface area (Å²) in [6.07, 6.45) is 0. The number of Topliss-reactive ketones (excluding diaryl/α,β-unsaturated/α-hetero) is 1. The van der Waals surface area contributed by atoms with Crippen LogP contribution in [0.4, 0.5) is 0 Å². The van der Waals surface area contributed by atoms with Gasteiger partial charge in [0.15, 0.2) is 10.9 Å². The number of benzene rings is 1. The highest BCUT2D eigenvalue weighted by Crippen LogP contribution is 2.23. The summed E-state index contributed by atoms with van der Waals surface area (Å²) in [6.45, 7) is 0. The predicted octanol–water partition coefficient (Wildman–Crippen LogP) is 1.75. The van der Waals surface area contributed by atoms with Crippen LogP contribution in [0.1, 0.15) is 10.4 Å². The van der Waals surface area contributed by atoms with Crippen LogP contribution in [-0.2, 0) is 7.05 Å². The lowest BCUT2D eigenvalue weighted by atomic mass is 10.1. The minimum Gasteiger partial charge on any atom is -0.293 e. The first-order valence-electron chi connectivity index (χ1n) is 5.67. The van der Waals surface area contributed by atoms with Gasteiger partial charge < -0.3 is 0 Å². The molecule has 9 heteroatoms. The Hall–Kier alpha value is -1.57. The maximum absolute atomic E-state index is 12.1. The largest absolute Gasteiger partial charge is 0.339 e. The zero-order valence-corrected chi connectivity index (χ0v) is 13.1. The highest BCUT2D eigenvalue weighted by Gasteiger charge is 2.13. The van der Waals surface area contributed by atoms with Crippen molar-refractivity contribution >= 4 is 40.7 Å². The molecule has 0 aliphatic rings. The summed E-state index contributed by atoms with van der Waals surface area (Å²) in [5, 5.41) is 3.23. The molecule has 0 radical (unpaired) electrons. The molecule has 0 unspecified atom stereocenters. The third-order valence-corrected chi connectivity index (χ3v) is 4.10. The Morgan fingerprint density at radius 1 is 1.38 bits per heavy atom. The molecule has 0 spiro atoms. The second-order valence-electron chi connectivity index (χ2n) is 4.04. The molecule has 0 saturated heterocycles. The quantitative estimate of drug-likeness (QED) is 0.518. The van der Waals surface area contributed by atoms with Crippen molar-refractivity contribution in [3.8, 4) is 0 Å². The second-order valence-corrected chi connectivity index (χ2v) is 5.82. The Balaban J connectivity index is 2.18. The van der Waals surface area contributed by atoms with Crippen molar-refractivity contribution < 1.29 is 4.79 Å². The smallest absolute Gasteiger partial charge is 0.293 e. The number of aromatic nitrogens is 3. The Bertz CT molecular complexity index is 816. The van der Waals surface area contributed by atoms with Crippen LogP contribution in [0.2, 0.25) is 10.0 Å². The number of nitrogens with zero attached hydrogens (tertiary/aromatic N) is 2. The fraction of sp³-hybridized carbons (Fsp3) is 0.167. The molecule has 0 atom stereocenters. The molecule has 21 heavy (non-hydrogen) atoms. The second kappa shape index (κ2) is 6.46. The average molecular weight is 346 g/mol. The third kappa shape index (κ3) is 3.75. The zero-order chi connectivity index (χ0) is 15.6. The van der Waals surface area contributed by atoms with Crippen molar-refractivity contribution in [2.45, 2.75) is 5.16 Å². The van der Waals surface area contributed by atoms with E-state index >= 15 is 0 Å². The van der Waals surface area contributed by atoms with E-state index in [9.17, 15) is 14.4 Å². The lowest BCUT2D eigenvalue weighted by Crippen LogP contribution is -2.34. The molecule has 0 saturated carbocycles. The normalized spacial score (nSPS) is 10.6. The first kappa shape index (κ1) is 15.8. The first-order valence-corrected chi connectivity index (χ1v) is 7.41. The van der Waals surface area contributed by atoms with Crippen molar-refractivity contribution in [2.75, 3.05) is 5.75 Å². The van der Waals surface area contributed by atoms with Gasteiger partial charge in [-0.05, 0) is 18.2 Å². The Morgan fingerprint density at radius 2 is 2.10 bits per heavy atom. The van der Waals surface area contributed by atoms with Crippen LogP contribution in [-0.4, -0.2) is 26.3 Å². The highest BCUT2D eigenvalue weighted by molar-refractivity contribution is 7.99. The number of carbonyl (C=O) groups excluding carboxylic acids is 1. The highest BCUT2D eigenvalue weighted by atomic mass is 35.5. The van der Waals surface area contributed by atoms with Gasteiger partial charge in [-0.25, -0.2) is 0 Å². The van der Waals surface area contributed by atoms with Gasteiger partial charge in [-0.1, -0.05) is 35.0 Å². The van der Waals surface area contributed by atoms with Crippen LogP contribution in [0, 0.1) is 0 Å². The molecular formula is C12H9Cl2N3O3S. The van der Waals surface area contributed by atoms with Crippen molar-refractivity contribution in [3.63, 3.8) is 0 Å². The summed E-state index contributed by atoms with van der Waals surface area (Å²) in [6, 6.07) is 4.60. The third-order valence-electron chi connectivity index (χ3n) is 2.51.